The Balaban J connectivity index is 2.51. The lowest BCUT2D eigenvalue weighted by molar-refractivity contribution is -0.387. The van der Waals surface area contributed by atoms with Crippen molar-refractivity contribution in [3.8, 4) is 5.75 Å². The minimum Gasteiger partial charge on any atom is -0.378 e. The second-order valence-electron chi connectivity index (χ2n) is 4.26. The molecule has 0 fully saturated rings. The zero-order chi connectivity index (χ0) is 17.3. The van der Waals surface area contributed by atoms with Gasteiger partial charge in [-0.05, 0) is 18.2 Å². The quantitative estimate of drug-likeness (QED) is 0.481. The van der Waals surface area contributed by atoms with Gasteiger partial charge in [-0.1, -0.05) is 24.3 Å². The smallest absolute Gasteiger partial charge is 0.378 e. The third-order valence-corrected chi connectivity index (χ3v) is 4.01. The first-order chi connectivity index (χ1) is 10.6. The van der Waals surface area contributed by atoms with Crippen LogP contribution < -0.4 is 4.18 Å². The molecule has 122 valence electrons. The maximum absolute atomic E-state index is 12.9. The first-order valence-corrected chi connectivity index (χ1v) is 7.38. The summed E-state index contributed by atoms with van der Waals surface area (Å²) in [6.45, 7) is 0. The van der Waals surface area contributed by atoms with Crippen molar-refractivity contribution in [3.05, 3.63) is 64.2 Å². The first kappa shape index (κ1) is 16.7. The van der Waals surface area contributed by atoms with Gasteiger partial charge in [0.2, 0.25) is 0 Å². The molecule has 0 amide bonds. The highest BCUT2D eigenvalue weighted by Crippen LogP contribution is 2.37. The number of halogens is 3. The molecule has 0 aromatic heterocycles. The normalized spacial score (nSPS) is 12.0. The number of nitrogens with zero attached hydrogens (tertiary/aromatic N) is 1. The fraction of sp³-hybridized carbons (Fsp3) is 0.0769. The van der Waals surface area contributed by atoms with Gasteiger partial charge in [-0.2, -0.15) is 21.6 Å². The molecule has 0 unspecified atom stereocenters. The van der Waals surface area contributed by atoms with Gasteiger partial charge in [0, 0.05) is 6.07 Å². The molecule has 2 rings (SSSR count). The second kappa shape index (κ2) is 5.88. The zero-order valence-corrected chi connectivity index (χ0v) is 12.0. The average molecular weight is 347 g/mol. The van der Waals surface area contributed by atoms with Gasteiger partial charge in [0.25, 0.3) is 5.69 Å². The van der Waals surface area contributed by atoms with E-state index in [1.165, 1.54) is 12.1 Å². The molecular formula is C13H8F3NO5S. The second-order valence-corrected chi connectivity index (χ2v) is 5.77. The van der Waals surface area contributed by atoms with Crippen LogP contribution in [0.2, 0.25) is 0 Å². The Bertz CT molecular complexity index is 849. The van der Waals surface area contributed by atoms with Gasteiger partial charge in [-0.3, -0.25) is 10.1 Å². The molecule has 10 heteroatoms. The largest absolute Gasteiger partial charge is 0.420 e. The van der Waals surface area contributed by atoms with Gasteiger partial charge in [-0.25, -0.2) is 0 Å². The van der Waals surface area contributed by atoms with E-state index in [9.17, 15) is 31.7 Å². The lowest BCUT2D eigenvalue weighted by Gasteiger charge is -2.13. The molecule has 0 bridgehead atoms. The molecule has 0 spiro atoms. The molecule has 23 heavy (non-hydrogen) atoms. The molecule has 0 aliphatic heterocycles. The number of hydrogen-bond donors (Lipinski definition) is 0. The van der Waals surface area contributed by atoms with Crippen LogP contribution in [-0.2, 0) is 16.3 Å². The number of nitro groups is 1. The third-order valence-electron chi connectivity index (χ3n) is 2.72. The van der Waals surface area contributed by atoms with Gasteiger partial charge in [0.05, 0.1) is 10.5 Å². The standard InChI is InChI=1S/C13H8F3NO5S/c14-13(15,16)9-5-1-3-7-11(9)22-23(20,21)12-8-4-2-6-10(12)17(18)19/h1-8H. The van der Waals surface area contributed by atoms with Gasteiger partial charge in [0.1, 0.15) is 0 Å². The van der Waals surface area contributed by atoms with Crippen molar-refractivity contribution in [1.82, 2.24) is 0 Å². The molecule has 0 radical (unpaired) electrons. The highest BCUT2D eigenvalue weighted by molar-refractivity contribution is 7.87. The Morgan fingerprint density at radius 1 is 1.00 bits per heavy atom. The van der Waals surface area contributed by atoms with Crippen LogP contribution in [0.15, 0.2) is 53.4 Å². The van der Waals surface area contributed by atoms with Crippen molar-refractivity contribution in [2.75, 3.05) is 0 Å². The Morgan fingerprint density at radius 3 is 2.17 bits per heavy atom. The topological polar surface area (TPSA) is 86.5 Å². The van der Waals surface area contributed by atoms with Crippen LogP contribution in [0.4, 0.5) is 18.9 Å². The van der Waals surface area contributed by atoms with Crippen molar-refractivity contribution >= 4 is 15.8 Å². The molecule has 0 atom stereocenters. The number of nitro benzene ring substituents is 1. The molecular weight excluding hydrogens is 339 g/mol. The number of benzene rings is 2. The van der Waals surface area contributed by atoms with Crippen LogP contribution in [0.1, 0.15) is 5.56 Å². The summed E-state index contributed by atoms with van der Waals surface area (Å²) in [6, 6.07) is 7.88. The van der Waals surface area contributed by atoms with Crippen molar-refractivity contribution < 1.29 is 30.7 Å². The predicted octanol–water partition coefficient (Wildman–Crippen LogP) is 3.38. The maximum atomic E-state index is 12.9. The summed E-state index contributed by atoms with van der Waals surface area (Å²) in [6.07, 6.45) is -4.84. The molecule has 0 aliphatic carbocycles. The van der Waals surface area contributed by atoms with Crippen LogP contribution >= 0.6 is 0 Å². The lowest BCUT2D eigenvalue weighted by atomic mass is 10.2. The van der Waals surface area contributed by atoms with Crippen LogP contribution in [0.3, 0.4) is 0 Å². The van der Waals surface area contributed by atoms with Gasteiger partial charge < -0.3 is 4.18 Å². The van der Waals surface area contributed by atoms with Gasteiger partial charge >= 0.3 is 16.3 Å². The van der Waals surface area contributed by atoms with Crippen LogP contribution in [0, 0.1) is 10.1 Å². The van der Waals surface area contributed by atoms with Crippen molar-refractivity contribution in [2.45, 2.75) is 11.1 Å². The number of hydrogen-bond acceptors (Lipinski definition) is 5. The van der Waals surface area contributed by atoms with E-state index < -0.39 is 43.1 Å². The predicted molar refractivity (Wildman–Crippen MR) is 72.4 cm³/mol. The van der Waals surface area contributed by atoms with Gasteiger partial charge in [0.15, 0.2) is 10.6 Å². The van der Waals surface area contributed by atoms with E-state index in [2.05, 4.69) is 4.18 Å². The third kappa shape index (κ3) is 3.59. The maximum Gasteiger partial charge on any atom is 0.420 e. The summed E-state index contributed by atoms with van der Waals surface area (Å²) in [5.74, 6) is -0.960. The molecule has 6 nitrogen and oxygen atoms in total. The average Bonchev–Trinajstić information content (AvgIpc) is 2.46. The van der Waals surface area contributed by atoms with E-state index in [4.69, 9.17) is 0 Å². The van der Waals surface area contributed by atoms with E-state index in [0.29, 0.717) is 6.07 Å². The molecule has 0 N–H and O–H groups in total. The van der Waals surface area contributed by atoms with E-state index in [-0.39, 0.29) is 0 Å². The zero-order valence-electron chi connectivity index (χ0n) is 11.1. The minimum atomic E-state index is -4.84. The van der Waals surface area contributed by atoms with E-state index >= 15 is 0 Å². The summed E-state index contributed by atoms with van der Waals surface area (Å²) in [4.78, 5) is 9.05. The van der Waals surface area contributed by atoms with Crippen molar-refractivity contribution in [2.24, 2.45) is 0 Å². The van der Waals surface area contributed by atoms with Crippen LogP contribution in [-0.4, -0.2) is 13.3 Å². The molecule has 2 aromatic rings. The minimum absolute atomic E-state index is 0.643. The summed E-state index contributed by atoms with van der Waals surface area (Å²) < 4.78 is 67.3. The van der Waals surface area contributed by atoms with E-state index in [1.807, 2.05) is 0 Å². The molecule has 0 aliphatic rings. The first-order valence-electron chi connectivity index (χ1n) is 5.97. The molecule has 2 aromatic carbocycles. The number of alkyl halides is 3. The summed E-state index contributed by atoms with van der Waals surface area (Å²) >= 11 is 0. The van der Waals surface area contributed by atoms with Crippen molar-refractivity contribution in [3.63, 3.8) is 0 Å². The molecule has 0 saturated carbocycles. The summed E-state index contributed by atoms with van der Waals surface area (Å²) in [5, 5.41) is 10.9. The Hall–Kier alpha value is -2.62. The fourth-order valence-electron chi connectivity index (χ4n) is 1.76. The van der Waals surface area contributed by atoms with Crippen molar-refractivity contribution in [1.29, 1.82) is 0 Å². The Morgan fingerprint density at radius 2 is 1.57 bits per heavy atom. The number of rotatable bonds is 4. The summed E-state index contributed by atoms with van der Waals surface area (Å²) in [7, 11) is -4.81. The van der Waals surface area contributed by atoms with Crippen LogP contribution in [0.25, 0.3) is 0 Å². The Kier molecular flexibility index (Phi) is 4.28. The molecule has 0 heterocycles. The summed E-state index contributed by atoms with van der Waals surface area (Å²) in [5.41, 5.74) is -2.10. The SMILES string of the molecule is O=[N+]([O-])c1ccccc1S(=O)(=O)Oc1ccccc1C(F)(F)F. The fourth-order valence-corrected chi connectivity index (χ4v) is 2.87. The van der Waals surface area contributed by atoms with Gasteiger partial charge in [-0.15, -0.1) is 0 Å². The highest BCUT2D eigenvalue weighted by Gasteiger charge is 2.36. The Labute approximate surface area is 128 Å². The number of para-hydroxylation sites is 2. The van der Waals surface area contributed by atoms with Crippen LogP contribution in [0.5, 0.6) is 5.75 Å². The lowest BCUT2D eigenvalue weighted by Crippen LogP contribution is -2.15. The van der Waals surface area contributed by atoms with E-state index in [0.717, 1.165) is 30.3 Å². The molecule has 0 saturated heterocycles. The highest BCUT2D eigenvalue weighted by atomic mass is 32.2. The van der Waals surface area contributed by atoms with E-state index in [1.54, 1.807) is 0 Å². The monoisotopic (exact) mass is 347 g/mol.